The Morgan fingerprint density at radius 1 is 1.31 bits per heavy atom. The van der Waals surface area contributed by atoms with Crippen LogP contribution in [0.2, 0.25) is 0 Å². The molecule has 0 saturated heterocycles. The maximum absolute atomic E-state index is 3.95. The van der Waals surface area contributed by atoms with Gasteiger partial charge in [0.05, 0.1) is 0 Å². The van der Waals surface area contributed by atoms with E-state index in [1.165, 1.54) is 22.3 Å². The van der Waals surface area contributed by atoms with Crippen LogP contribution in [0.15, 0.2) is 60.2 Å². The molecule has 82 valence electrons. The summed E-state index contributed by atoms with van der Waals surface area (Å²) in [5, 5.41) is 0. The van der Waals surface area contributed by atoms with Crippen LogP contribution >= 0.6 is 0 Å². The monoisotopic (exact) mass is 210 g/mol. The molecule has 1 unspecified atom stereocenters. The Labute approximate surface area is 98.0 Å². The summed E-state index contributed by atoms with van der Waals surface area (Å²) in [5.74, 6) is 0.466. The molecule has 0 heterocycles. The lowest BCUT2D eigenvalue weighted by atomic mass is 9.79. The fraction of sp³-hybridized carbons (Fsp3) is 0.250. The highest BCUT2D eigenvalue weighted by atomic mass is 14.2. The number of fused-ring (bicyclic) bond motifs is 1. The predicted molar refractivity (Wildman–Crippen MR) is 70.6 cm³/mol. The van der Waals surface area contributed by atoms with E-state index in [1.54, 1.807) is 0 Å². The lowest BCUT2D eigenvalue weighted by Crippen LogP contribution is -2.10. The van der Waals surface area contributed by atoms with Crippen LogP contribution in [0.25, 0.3) is 0 Å². The second-order valence-corrected chi connectivity index (χ2v) is 4.28. The molecule has 0 aliphatic heterocycles. The van der Waals surface area contributed by atoms with Gasteiger partial charge in [-0.1, -0.05) is 56.0 Å². The molecule has 0 nitrogen and oxygen atoms in total. The van der Waals surface area contributed by atoms with E-state index in [4.69, 9.17) is 0 Å². The Kier molecular flexibility index (Phi) is 3.09. The van der Waals surface area contributed by atoms with Crippen molar-refractivity contribution < 1.29 is 0 Å². The summed E-state index contributed by atoms with van der Waals surface area (Å²) in [4.78, 5) is 0. The Bertz CT molecular complexity index is 461. The molecule has 1 aliphatic carbocycles. The molecule has 0 aromatic heterocycles. The van der Waals surface area contributed by atoms with Gasteiger partial charge in [0, 0.05) is 5.92 Å². The van der Waals surface area contributed by atoms with Crippen molar-refractivity contribution in [2.24, 2.45) is 0 Å². The van der Waals surface area contributed by atoms with E-state index in [1.807, 2.05) is 6.08 Å². The van der Waals surface area contributed by atoms with Gasteiger partial charge < -0.3 is 0 Å². The van der Waals surface area contributed by atoms with Gasteiger partial charge in [-0.25, -0.2) is 0 Å². The zero-order chi connectivity index (χ0) is 11.5. The number of rotatable bonds is 2. The lowest BCUT2D eigenvalue weighted by molar-refractivity contribution is 0.848. The highest BCUT2D eigenvalue weighted by Gasteiger charge is 2.20. The molecular weight excluding hydrogens is 192 g/mol. The summed E-state index contributed by atoms with van der Waals surface area (Å²) in [6.45, 7) is 8.28. The van der Waals surface area contributed by atoms with Gasteiger partial charge in [0.1, 0.15) is 0 Å². The summed E-state index contributed by atoms with van der Waals surface area (Å²) < 4.78 is 0. The van der Waals surface area contributed by atoms with Gasteiger partial charge >= 0.3 is 0 Å². The smallest absolute Gasteiger partial charge is 0.00664 e. The largest absolute Gasteiger partial charge is 0.0988 e. The number of allylic oxidation sites excluding steroid dienone is 5. The van der Waals surface area contributed by atoms with Crippen LogP contribution in [0.1, 0.15) is 30.9 Å². The van der Waals surface area contributed by atoms with Gasteiger partial charge in [-0.2, -0.15) is 0 Å². The van der Waals surface area contributed by atoms with Crippen molar-refractivity contribution in [2.45, 2.75) is 26.2 Å². The highest BCUT2D eigenvalue weighted by molar-refractivity contribution is 5.50. The Balaban J connectivity index is 2.52. The van der Waals surface area contributed by atoms with Crippen LogP contribution in [0, 0.1) is 0 Å². The van der Waals surface area contributed by atoms with Crippen molar-refractivity contribution in [3.05, 3.63) is 71.3 Å². The molecule has 1 aliphatic rings. The molecule has 0 bridgehead atoms. The second kappa shape index (κ2) is 4.52. The fourth-order valence-corrected chi connectivity index (χ4v) is 2.53. The third-order valence-electron chi connectivity index (χ3n) is 3.33. The van der Waals surface area contributed by atoms with Crippen molar-refractivity contribution in [2.75, 3.05) is 0 Å². The van der Waals surface area contributed by atoms with Crippen LogP contribution < -0.4 is 0 Å². The first-order valence-electron chi connectivity index (χ1n) is 5.84. The minimum atomic E-state index is 0.466. The molecule has 1 atom stereocenters. The first-order chi connectivity index (χ1) is 7.77. The maximum atomic E-state index is 3.95. The molecule has 0 amide bonds. The van der Waals surface area contributed by atoms with E-state index < -0.39 is 0 Å². The Hall–Kier alpha value is -1.56. The quantitative estimate of drug-likeness (QED) is 0.678. The molecule has 1 aromatic carbocycles. The van der Waals surface area contributed by atoms with Gasteiger partial charge in [0.25, 0.3) is 0 Å². The standard InChI is InChI=1S/C16H18/c1-4-8-13-11-14-9-6-7-10-16(14)12(3)15(13)5-2/h4-10,12H,2,11H2,1,3H3/b8-4-. The van der Waals surface area contributed by atoms with Crippen molar-refractivity contribution in [3.63, 3.8) is 0 Å². The van der Waals surface area contributed by atoms with Crippen molar-refractivity contribution in [1.29, 1.82) is 0 Å². The summed E-state index contributed by atoms with van der Waals surface area (Å²) in [6.07, 6.45) is 7.37. The molecule has 0 spiro atoms. The summed E-state index contributed by atoms with van der Waals surface area (Å²) in [6, 6.07) is 8.71. The summed E-state index contributed by atoms with van der Waals surface area (Å²) in [7, 11) is 0. The van der Waals surface area contributed by atoms with Crippen molar-refractivity contribution >= 4 is 0 Å². The van der Waals surface area contributed by atoms with Gasteiger partial charge in [-0.3, -0.25) is 0 Å². The van der Waals surface area contributed by atoms with E-state index in [2.05, 4.69) is 56.8 Å². The zero-order valence-electron chi connectivity index (χ0n) is 10.0. The fourth-order valence-electron chi connectivity index (χ4n) is 2.53. The van der Waals surface area contributed by atoms with E-state index in [9.17, 15) is 0 Å². The Morgan fingerprint density at radius 2 is 2.06 bits per heavy atom. The van der Waals surface area contributed by atoms with Crippen LogP contribution in [-0.2, 0) is 6.42 Å². The molecule has 0 radical (unpaired) electrons. The predicted octanol–water partition coefficient (Wildman–Crippen LogP) is 4.40. The molecule has 2 rings (SSSR count). The molecular formula is C16H18. The van der Waals surface area contributed by atoms with Crippen LogP contribution in [0.3, 0.4) is 0 Å². The third kappa shape index (κ3) is 1.76. The van der Waals surface area contributed by atoms with E-state index in [-0.39, 0.29) is 0 Å². The SMILES string of the molecule is C=CC1=C(/C=C\C)Cc2ccccc2C1C. The van der Waals surface area contributed by atoms with Crippen molar-refractivity contribution in [3.8, 4) is 0 Å². The maximum Gasteiger partial charge on any atom is 0.00664 e. The topological polar surface area (TPSA) is 0 Å². The van der Waals surface area contributed by atoms with E-state index in [0.717, 1.165) is 6.42 Å². The summed E-state index contributed by atoms with van der Waals surface area (Å²) >= 11 is 0. The molecule has 0 heteroatoms. The number of hydrogen-bond donors (Lipinski definition) is 0. The Morgan fingerprint density at radius 3 is 2.75 bits per heavy atom. The van der Waals surface area contributed by atoms with Gasteiger partial charge in [-0.05, 0) is 35.6 Å². The average molecular weight is 210 g/mol. The zero-order valence-corrected chi connectivity index (χ0v) is 10.0. The molecule has 16 heavy (non-hydrogen) atoms. The highest BCUT2D eigenvalue weighted by Crippen LogP contribution is 2.36. The van der Waals surface area contributed by atoms with Crippen molar-refractivity contribution in [1.82, 2.24) is 0 Å². The third-order valence-corrected chi connectivity index (χ3v) is 3.33. The first kappa shape index (κ1) is 10.9. The lowest BCUT2D eigenvalue weighted by Gasteiger charge is -2.26. The average Bonchev–Trinajstić information content (AvgIpc) is 2.30. The van der Waals surface area contributed by atoms with Crippen LogP contribution in [0.4, 0.5) is 0 Å². The van der Waals surface area contributed by atoms with E-state index >= 15 is 0 Å². The minimum Gasteiger partial charge on any atom is -0.0988 e. The molecule has 0 fully saturated rings. The molecule has 0 saturated carbocycles. The molecule has 0 N–H and O–H groups in total. The minimum absolute atomic E-state index is 0.466. The van der Waals surface area contributed by atoms with E-state index in [0.29, 0.717) is 5.92 Å². The normalized spacial score (nSPS) is 20.0. The van der Waals surface area contributed by atoms with Gasteiger partial charge in [0.15, 0.2) is 0 Å². The van der Waals surface area contributed by atoms with Crippen LogP contribution in [0.5, 0.6) is 0 Å². The number of hydrogen-bond acceptors (Lipinski definition) is 0. The van der Waals surface area contributed by atoms with Gasteiger partial charge in [-0.15, -0.1) is 0 Å². The first-order valence-corrected chi connectivity index (χ1v) is 5.84. The van der Waals surface area contributed by atoms with Crippen LogP contribution in [-0.4, -0.2) is 0 Å². The second-order valence-electron chi connectivity index (χ2n) is 4.28. The number of benzene rings is 1. The molecule has 1 aromatic rings. The van der Waals surface area contributed by atoms with Gasteiger partial charge in [0.2, 0.25) is 0 Å². The summed E-state index contributed by atoms with van der Waals surface area (Å²) in [5.41, 5.74) is 5.68.